The van der Waals surface area contributed by atoms with Gasteiger partial charge in [-0.15, -0.1) is 0 Å². The summed E-state index contributed by atoms with van der Waals surface area (Å²) in [5, 5.41) is 0. The minimum Gasteiger partial charge on any atom is -0.497 e. The van der Waals surface area contributed by atoms with E-state index in [1.165, 1.54) is 0 Å². The van der Waals surface area contributed by atoms with E-state index in [1.807, 2.05) is 49.3 Å². The molecule has 0 N–H and O–H groups in total. The number of anilines is 1. The molecule has 0 aromatic heterocycles. The highest BCUT2D eigenvalue weighted by molar-refractivity contribution is 6.07. The molecule has 3 heteroatoms. The van der Waals surface area contributed by atoms with Crippen molar-refractivity contribution in [3.05, 3.63) is 65.7 Å². The van der Waals surface area contributed by atoms with Crippen LogP contribution in [0.15, 0.2) is 54.6 Å². The zero-order valence-corrected chi connectivity index (χ0v) is 12.5. The average Bonchev–Trinajstić information content (AvgIpc) is 2.52. The fourth-order valence-corrected chi connectivity index (χ4v) is 2.05. The van der Waals surface area contributed by atoms with Gasteiger partial charge in [0.25, 0.3) is 0 Å². The fraction of sp³-hybridized carbons (Fsp3) is 0.167. The maximum Gasteiger partial charge on any atom is 0.185 e. The number of ether oxygens (including phenoxy) is 1. The number of hydrogen-bond donors (Lipinski definition) is 0. The van der Waals surface area contributed by atoms with Crippen molar-refractivity contribution in [3.63, 3.8) is 0 Å². The Morgan fingerprint density at radius 1 is 1.05 bits per heavy atom. The monoisotopic (exact) mass is 281 g/mol. The molecule has 2 rings (SSSR count). The van der Waals surface area contributed by atoms with Crippen molar-refractivity contribution in [3.8, 4) is 5.75 Å². The highest BCUT2D eigenvalue weighted by Crippen LogP contribution is 2.20. The van der Waals surface area contributed by atoms with E-state index >= 15 is 0 Å². The molecule has 108 valence electrons. The molecular formula is C18H19NO2. The molecule has 0 aliphatic rings. The van der Waals surface area contributed by atoms with E-state index in [9.17, 15) is 4.79 Å². The van der Waals surface area contributed by atoms with Gasteiger partial charge in [-0.2, -0.15) is 0 Å². The molecular weight excluding hydrogens is 262 g/mol. The van der Waals surface area contributed by atoms with Crippen LogP contribution in [0.4, 0.5) is 5.69 Å². The highest BCUT2D eigenvalue weighted by atomic mass is 16.5. The van der Waals surface area contributed by atoms with E-state index in [0.717, 1.165) is 17.0 Å². The molecule has 0 saturated heterocycles. The summed E-state index contributed by atoms with van der Waals surface area (Å²) in [6.45, 7) is 0. The largest absolute Gasteiger partial charge is 0.497 e. The van der Waals surface area contributed by atoms with E-state index in [2.05, 4.69) is 0 Å². The quantitative estimate of drug-likeness (QED) is 0.619. The van der Waals surface area contributed by atoms with Crippen molar-refractivity contribution >= 4 is 17.5 Å². The number of rotatable bonds is 5. The predicted molar refractivity (Wildman–Crippen MR) is 87.1 cm³/mol. The van der Waals surface area contributed by atoms with Gasteiger partial charge in [-0.3, -0.25) is 4.79 Å². The zero-order chi connectivity index (χ0) is 15.2. The van der Waals surface area contributed by atoms with E-state index in [-0.39, 0.29) is 5.78 Å². The first-order valence-electron chi connectivity index (χ1n) is 6.74. The predicted octanol–water partition coefficient (Wildman–Crippen LogP) is 3.66. The van der Waals surface area contributed by atoms with Crippen LogP contribution >= 0.6 is 0 Å². The third-order valence-corrected chi connectivity index (χ3v) is 3.21. The van der Waals surface area contributed by atoms with Gasteiger partial charge in [-0.25, -0.2) is 0 Å². The van der Waals surface area contributed by atoms with Gasteiger partial charge < -0.3 is 9.64 Å². The van der Waals surface area contributed by atoms with E-state index in [4.69, 9.17) is 4.74 Å². The summed E-state index contributed by atoms with van der Waals surface area (Å²) in [6.07, 6.45) is 3.45. The maximum absolute atomic E-state index is 12.2. The Hall–Kier alpha value is -2.55. The first-order valence-corrected chi connectivity index (χ1v) is 6.74. The Morgan fingerprint density at radius 2 is 1.71 bits per heavy atom. The van der Waals surface area contributed by atoms with Gasteiger partial charge in [-0.05, 0) is 48.0 Å². The van der Waals surface area contributed by atoms with Crippen molar-refractivity contribution in [2.75, 3.05) is 26.1 Å². The molecule has 0 fully saturated rings. The number of ketones is 1. The van der Waals surface area contributed by atoms with Gasteiger partial charge in [0.05, 0.1) is 7.11 Å². The topological polar surface area (TPSA) is 29.5 Å². The summed E-state index contributed by atoms with van der Waals surface area (Å²) in [5.41, 5.74) is 2.75. The minimum absolute atomic E-state index is 0.0220. The van der Waals surface area contributed by atoms with Crippen molar-refractivity contribution in [1.82, 2.24) is 0 Å². The number of carbonyl (C=O) groups is 1. The number of nitrogens with zero attached hydrogens (tertiary/aromatic N) is 1. The molecule has 0 unspecified atom stereocenters. The Labute approximate surface area is 125 Å². The van der Waals surface area contributed by atoms with Crippen LogP contribution in [0.2, 0.25) is 0 Å². The van der Waals surface area contributed by atoms with Gasteiger partial charge in [-0.1, -0.05) is 18.2 Å². The summed E-state index contributed by atoms with van der Waals surface area (Å²) >= 11 is 0. The van der Waals surface area contributed by atoms with Crippen LogP contribution in [0.5, 0.6) is 5.75 Å². The summed E-state index contributed by atoms with van der Waals surface area (Å²) < 4.78 is 5.09. The molecule has 2 aromatic rings. The molecule has 21 heavy (non-hydrogen) atoms. The van der Waals surface area contributed by atoms with E-state index in [1.54, 1.807) is 37.5 Å². The van der Waals surface area contributed by atoms with Gasteiger partial charge >= 0.3 is 0 Å². The molecule has 2 aromatic carbocycles. The van der Waals surface area contributed by atoms with Crippen LogP contribution < -0.4 is 9.64 Å². The highest BCUT2D eigenvalue weighted by Gasteiger charge is 2.04. The van der Waals surface area contributed by atoms with E-state index in [0.29, 0.717) is 5.56 Å². The second kappa shape index (κ2) is 6.75. The molecule has 0 amide bonds. The van der Waals surface area contributed by atoms with Crippen LogP contribution in [0.25, 0.3) is 6.08 Å². The number of methoxy groups -OCH3 is 1. The van der Waals surface area contributed by atoms with Gasteiger partial charge in [0.1, 0.15) is 5.75 Å². The van der Waals surface area contributed by atoms with Gasteiger partial charge in [0.2, 0.25) is 0 Å². The Kier molecular flexibility index (Phi) is 4.77. The fourth-order valence-electron chi connectivity index (χ4n) is 2.05. The molecule has 0 saturated carbocycles. The number of allylic oxidation sites excluding steroid dienone is 1. The minimum atomic E-state index is -0.0220. The van der Waals surface area contributed by atoms with Crippen LogP contribution in [0.1, 0.15) is 15.9 Å². The van der Waals surface area contributed by atoms with E-state index < -0.39 is 0 Å². The standard InChI is InChI=1S/C18H19NO2/c1-19(2)17-7-5-4-6-14(17)10-13-18(20)15-8-11-16(21-3)12-9-15/h4-13H,1-3H3. The van der Waals surface area contributed by atoms with Crippen LogP contribution in [-0.2, 0) is 0 Å². The van der Waals surface area contributed by atoms with Gasteiger partial charge in [0.15, 0.2) is 5.78 Å². The molecule has 0 atom stereocenters. The number of benzene rings is 2. The molecule has 0 radical (unpaired) electrons. The third-order valence-electron chi connectivity index (χ3n) is 3.21. The number of para-hydroxylation sites is 1. The zero-order valence-electron chi connectivity index (χ0n) is 12.5. The first-order chi connectivity index (χ1) is 10.1. The third kappa shape index (κ3) is 3.72. The normalized spacial score (nSPS) is 10.6. The molecule has 0 aliphatic carbocycles. The molecule has 0 bridgehead atoms. The van der Waals surface area contributed by atoms with Crippen LogP contribution in [-0.4, -0.2) is 27.0 Å². The van der Waals surface area contributed by atoms with Crippen LogP contribution in [0.3, 0.4) is 0 Å². The second-order valence-electron chi connectivity index (χ2n) is 4.88. The average molecular weight is 281 g/mol. The van der Waals surface area contributed by atoms with Crippen LogP contribution in [0, 0.1) is 0 Å². The lowest BCUT2D eigenvalue weighted by Crippen LogP contribution is -2.09. The summed E-state index contributed by atoms with van der Waals surface area (Å²) in [6, 6.07) is 15.1. The molecule has 3 nitrogen and oxygen atoms in total. The molecule has 0 aliphatic heterocycles. The molecule has 0 heterocycles. The number of carbonyl (C=O) groups excluding carboxylic acids is 1. The summed E-state index contributed by atoms with van der Waals surface area (Å²) in [5.74, 6) is 0.722. The lowest BCUT2D eigenvalue weighted by molar-refractivity contribution is 0.104. The smallest absolute Gasteiger partial charge is 0.185 e. The lowest BCUT2D eigenvalue weighted by Gasteiger charge is -2.15. The Balaban J connectivity index is 2.18. The Bertz CT molecular complexity index is 643. The lowest BCUT2D eigenvalue weighted by atomic mass is 10.1. The van der Waals surface area contributed by atoms with Crippen molar-refractivity contribution < 1.29 is 9.53 Å². The second-order valence-corrected chi connectivity index (χ2v) is 4.88. The SMILES string of the molecule is COc1ccc(C(=O)C=Cc2ccccc2N(C)C)cc1. The van der Waals surface area contributed by atoms with Crippen molar-refractivity contribution in [1.29, 1.82) is 0 Å². The Morgan fingerprint density at radius 3 is 2.33 bits per heavy atom. The first kappa shape index (κ1) is 14.9. The maximum atomic E-state index is 12.2. The summed E-state index contributed by atoms with van der Waals surface area (Å²) in [7, 11) is 5.57. The van der Waals surface area contributed by atoms with Crippen molar-refractivity contribution in [2.45, 2.75) is 0 Å². The summed E-state index contributed by atoms with van der Waals surface area (Å²) in [4.78, 5) is 14.2. The number of hydrogen-bond acceptors (Lipinski definition) is 3. The molecule has 0 spiro atoms. The van der Waals surface area contributed by atoms with Gasteiger partial charge in [0, 0.05) is 25.3 Å². The van der Waals surface area contributed by atoms with Crippen molar-refractivity contribution in [2.24, 2.45) is 0 Å².